The van der Waals surface area contributed by atoms with Gasteiger partial charge in [0.05, 0.1) is 0 Å². The first-order valence-electron chi connectivity index (χ1n) is 5.79. The zero-order chi connectivity index (χ0) is 13.0. The lowest BCUT2D eigenvalue weighted by molar-refractivity contribution is 0.0929. The summed E-state index contributed by atoms with van der Waals surface area (Å²) in [7, 11) is 0. The molecule has 0 saturated heterocycles. The quantitative estimate of drug-likeness (QED) is 0.688. The van der Waals surface area contributed by atoms with Gasteiger partial charge in [0.2, 0.25) is 0 Å². The fraction of sp³-hybridized carbons (Fsp3) is 0.214. The van der Waals surface area contributed by atoms with Crippen molar-refractivity contribution >= 4 is 32.8 Å². The minimum absolute atomic E-state index is 0.174. The Morgan fingerprint density at radius 1 is 1.44 bits per heavy atom. The van der Waals surface area contributed by atoms with Crippen LogP contribution >= 0.6 is 15.9 Å². The Balaban J connectivity index is 2.08. The second-order valence-corrected chi connectivity index (χ2v) is 4.82. The number of fused-ring (bicyclic) bond motifs is 1. The summed E-state index contributed by atoms with van der Waals surface area (Å²) in [5, 5.41) is 3.73. The van der Waals surface area contributed by atoms with Crippen LogP contribution in [-0.4, -0.2) is 12.5 Å². The minimum atomic E-state index is -0.174. The van der Waals surface area contributed by atoms with E-state index in [1.165, 1.54) is 0 Å². The second-order valence-electron chi connectivity index (χ2n) is 3.91. The number of hydrogen-bond acceptors (Lipinski definition) is 2. The standard InChI is InChI=1S/C14H14BrNO2/c1-2-3-4-7-16-14(17)13-9-10-8-11(15)5-6-12(10)18-13/h2-3,5-6,8-9H,4,7H2,1H3,(H,16,17)/b3-2+. The molecular formula is C14H14BrNO2. The third kappa shape index (κ3) is 3.01. The van der Waals surface area contributed by atoms with Crippen LogP contribution in [0.25, 0.3) is 11.0 Å². The van der Waals surface area contributed by atoms with E-state index in [1.807, 2.05) is 37.3 Å². The summed E-state index contributed by atoms with van der Waals surface area (Å²) >= 11 is 3.39. The summed E-state index contributed by atoms with van der Waals surface area (Å²) < 4.78 is 6.46. The molecule has 0 aliphatic heterocycles. The van der Waals surface area contributed by atoms with Crippen LogP contribution in [0.2, 0.25) is 0 Å². The lowest BCUT2D eigenvalue weighted by Gasteiger charge is -1.99. The molecule has 1 amide bonds. The Labute approximate surface area is 114 Å². The number of nitrogens with one attached hydrogen (secondary N) is 1. The summed E-state index contributed by atoms with van der Waals surface area (Å²) in [6.45, 7) is 2.57. The van der Waals surface area contributed by atoms with Crippen molar-refractivity contribution in [2.75, 3.05) is 6.54 Å². The van der Waals surface area contributed by atoms with Crippen molar-refractivity contribution in [3.05, 3.63) is 46.7 Å². The summed E-state index contributed by atoms with van der Waals surface area (Å²) in [5.74, 6) is 0.176. The van der Waals surface area contributed by atoms with Crippen LogP contribution in [0.4, 0.5) is 0 Å². The highest BCUT2D eigenvalue weighted by molar-refractivity contribution is 9.10. The van der Waals surface area contributed by atoms with Crippen LogP contribution < -0.4 is 5.32 Å². The zero-order valence-electron chi connectivity index (χ0n) is 10.1. The molecule has 1 aromatic carbocycles. The van der Waals surface area contributed by atoms with Gasteiger partial charge in [-0.05, 0) is 37.6 Å². The van der Waals surface area contributed by atoms with E-state index in [1.54, 1.807) is 6.07 Å². The van der Waals surface area contributed by atoms with E-state index in [4.69, 9.17) is 4.42 Å². The molecular weight excluding hydrogens is 294 g/mol. The second kappa shape index (κ2) is 5.87. The molecule has 0 fully saturated rings. The molecule has 0 aliphatic carbocycles. The van der Waals surface area contributed by atoms with Crippen molar-refractivity contribution in [3.8, 4) is 0 Å². The predicted molar refractivity (Wildman–Crippen MR) is 75.7 cm³/mol. The Bertz CT molecular complexity index is 586. The molecule has 0 spiro atoms. The van der Waals surface area contributed by atoms with Crippen molar-refractivity contribution in [1.82, 2.24) is 5.32 Å². The van der Waals surface area contributed by atoms with Crippen LogP contribution in [0.3, 0.4) is 0 Å². The smallest absolute Gasteiger partial charge is 0.287 e. The maximum absolute atomic E-state index is 11.8. The van der Waals surface area contributed by atoms with E-state index in [-0.39, 0.29) is 5.91 Å². The number of amides is 1. The molecule has 4 heteroatoms. The van der Waals surface area contributed by atoms with Gasteiger partial charge in [-0.25, -0.2) is 0 Å². The molecule has 18 heavy (non-hydrogen) atoms. The molecule has 1 aromatic heterocycles. The number of halogens is 1. The van der Waals surface area contributed by atoms with Gasteiger partial charge >= 0.3 is 0 Å². The fourth-order valence-corrected chi connectivity index (χ4v) is 2.03. The Hall–Kier alpha value is -1.55. The van der Waals surface area contributed by atoms with Crippen LogP contribution in [0.5, 0.6) is 0 Å². The monoisotopic (exact) mass is 307 g/mol. The average molecular weight is 308 g/mol. The molecule has 0 atom stereocenters. The minimum Gasteiger partial charge on any atom is -0.451 e. The first-order valence-corrected chi connectivity index (χ1v) is 6.58. The molecule has 94 valence electrons. The van der Waals surface area contributed by atoms with Crippen molar-refractivity contribution in [3.63, 3.8) is 0 Å². The van der Waals surface area contributed by atoms with Crippen LogP contribution in [0.15, 0.2) is 45.3 Å². The molecule has 1 heterocycles. The maximum atomic E-state index is 11.8. The number of allylic oxidation sites excluding steroid dienone is 1. The molecule has 0 unspecified atom stereocenters. The molecule has 2 rings (SSSR count). The van der Waals surface area contributed by atoms with E-state index >= 15 is 0 Å². The topological polar surface area (TPSA) is 42.2 Å². The normalized spacial score (nSPS) is 11.2. The number of rotatable bonds is 4. The lowest BCUT2D eigenvalue weighted by Crippen LogP contribution is -2.23. The summed E-state index contributed by atoms with van der Waals surface area (Å²) in [5.41, 5.74) is 0.719. The van der Waals surface area contributed by atoms with Gasteiger partial charge in [-0.15, -0.1) is 0 Å². The number of furan rings is 1. The van der Waals surface area contributed by atoms with E-state index in [9.17, 15) is 4.79 Å². The summed E-state index contributed by atoms with van der Waals surface area (Å²) in [6.07, 6.45) is 4.80. The van der Waals surface area contributed by atoms with Gasteiger partial charge in [0.1, 0.15) is 5.58 Å². The van der Waals surface area contributed by atoms with E-state index in [2.05, 4.69) is 21.2 Å². The van der Waals surface area contributed by atoms with Gasteiger partial charge in [0, 0.05) is 16.4 Å². The first kappa shape index (κ1) is 12.9. The summed E-state index contributed by atoms with van der Waals surface area (Å²) in [6, 6.07) is 7.41. The van der Waals surface area contributed by atoms with Crippen LogP contribution in [-0.2, 0) is 0 Å². The zero-order valence-corrected chi connectivity index (χ0v) is 11.7. The van der Waals surface area contributed by atoms with Crippen molar-refractivity contribution in [1.29, 1.82) is 0 Å². The Morgan fingerprint density at radius 2 is 2.28 bits per heavy atom. The third-order valence-electron chi connectivity index (χ3n) is 2.53. The van der Waals surface area contributed by atoms with E-state index in [0.29, 0.717) is 12.3 Å². The van der Waals surface area contributed by atoms with Gasteiger partial charge in [-0.3, -0.25) is 4.79 Å². The van der Waals surface area contributed by atoms with E-state index < -0.39 is 0 Å². The van der Waals surface area contributed by atoms with Gasteiger partial charge in [0.15, 0.2) is 5.76 Å². The molecule has 1 N–H and O–H groups in total. The Morgan fingerprint density at radius 3 is 3.06 bits per heavy atom. The van der Waals surface area contributed by atoms with Crippen LogP contribution in [0, 0.1) is 0 Å². The number of hydrogen-bond donors (Lipinski definition) is 1. The van der Waals surface area contributed by atoms with Crippen molar-refractivity contribution in [2.24, 2.45) is 0 Å². The van der Waals surface area contributed by atoms with Crippen molar-refractivity contribution < 1.29 is 9.21 Å². The number of carbonyl (C=O) groups is 1. The molecule has 2 aromatic rings. The molecule has 0 bridgehead atoms. The largest absolute Gasteiger partial charge is 0.451 e. The van der Waals surface area contributed by atoms with Gasteiger partial charge in [-0.1, -0.05) is 28.1 Å². The third-order valence-corrected chi connectivity index (χ3v) is 3.03. The highest BCUT2D eigenvalue weighted by Crippen LogP contribution is 2.23. The highest BCUT2D eigenvalue weighted by atomic mass is 79.9. The SMILES string of the molecule is C/C=C/CCNC(=O)c1cc2cc(Br)ccc2o1. The maximum Gasteiger partial charge on any atom is 0.287 e. The Kier molecular flexibility index (Phi) is 4.20. The van der Waals surface area contributed by atoms with Gasteiger partial charge < -0.3 is 9.73 Å². The van der Waals surface area contributed by atoms with E-state index in [0.717, 1.165) is 21.9 Å². The van der Waals surface area contributed by atoms with Gasteiger partial charge in [-0.2, -0.15) is 0 Å². The fourth-order valence-electron chi connectivity index (χ4n) is 1.65. The van der Waals surface area contributed by atoms with Crippen molar-refractivity contribution in [2.45, 2.75) is 13.3 Å². The molecule has 0 saturated carbocycles. The van der Waals surface area contributed by atoms with Gasteiger partial charge in [0.25, 0.3) is 5.91 Å². The molecule has 0 aliphatic rings. The average Bonchev–Trinajstić information content (AvgIpc) is 2.77. The predicted octanol–water partition coefficient (Wildman–Crippen LogP) is 3.89. The first-order chi connectivity index (χ1) is 8.70. The lowest BCUT2D eigenvalue weighted by atomic mass is 10.2. The highest BCUT2D eigenvalue weighted by Gasteiger charge is 2.11. The number of benzene rings is 1. The van der Waals surface area contributed by atoms with Crippen LogP contribution in [0.1, 0.15) is 23.9 Å². The summed E-state index contributed by atoms with van der Waals surface area (Å²) in [4.78, 5) is 11.8. The molecule has 3 nitrogen and oxygen atoms in total. The molecule has 0 radical (unpaired) electrons. The number of carbonyl (C=O) groups excluding carboxylic acids is 1.